The molecule has 0 radical (unpaired) electrons. The molecule has 0 fully saturated rings. The number of halogens is 1. The Bertz CT molecular complexity index is 582. The van der Waals surface area contributed by atoms with Crippen LogP contribution >= 0.6 is 11.6 Å². The molecule has 18 heavy (non-hydrogen) atoms. The third-order valence-electron chi connectivity index (χ3n) is 3.32. The molecule has 1 unspecified atom stereocenters. The third-order valence-corrected chi connectivity index (χ3v) is 3.55. The Hall–Kier alpha value is -1.67. The molecule has 1 aliphatic carbocycles. The molecule has 0 aliphatic heterocycles. The minimum atomic E-state index is 0.290. The molecule has 0 aromatic heterocycles. The Labute approximate surface area is 111 Å². The van der Waals surface area contributed by atoms with E-state index < -0.39 is 0 Å². The summed E-state index contributed by atoms with van der Waals surface area (Å²) in [6.45, 7) is 0. The molecule has 0 saturated carbocycles. The number of phenolic OH excluding ortho intramolecular Hbond substituents is 1. The largest absolute Gasteiger partial charge is 0.508 e. The van der Waals surface area contributed by atoms with Crippen LogP contribution in [0, 0.1) is 0 Å². The van der Waals surface area contributed by atoms with Crippen LogP contribution in [0.4, 0.5) is 5.69 Å². The SMILES string of the molecule is Oc1cccc(NC2Cc3ccc(Cl)cc3C2)c1. The van der Waals surface area contributed by atoms with Gasteiger partial charge >= 0.3 is 0 Å². The number of hydrogen-bond donors (Lipinski definition) is 2. The van der Waals surface area contributed by atoms with Crippen LogP contribution < -0.4 is 5.32 Å². The second kappa shape index (κ2) is 4.54. The maximum atomic E-state index is 9.44. The zero-order chi connectivity index (χ0) is 12.5. The van der Waals surface area contributed by atoms with E-state index in [0.717, 1.165) is 23.6 Å². The van der Waals surface area contributed by atoms with Gasteiger partial charge in [0.1, 0.15) is 5.75 Å². The van der Waals surface area contributed by atoms with E-state index in [1.807, 2.05) is 24.3 Å². The number of hydrogen-bond acceptors (Lipinski definition) is 2. The van der Waals surface area contributed by atoms with E-state index in [4.69, 9.17) is 11.6 Å². The van der Waals surface area contributed by atoms with Gasteiger partial charge in [-0.2, -0.15) is 0 Å². The van der Waals surface area contributed by atoms with Gasteiger partial charge in [-0.3, -0.25) is 0 Å². The molecule has 2 nitrogen and oxygen atoms in total. The van der Waals surface area contributed by atoms with Crippen LogP contribution in [0.5, 0.6) is 5.75 Å². The molecule has 3 rings (SSSR count). The van der Waals surface area contributed by atoms with Crippen LogP contribution in [0.2, 0.25) is 5.02 Å². The summed E-state index contributed by atoms with van der Waals surface area (Å²) in [7, 11) is 0. The highest BCUT2D eigenvalue weighted by molar-refractivity contribution is 6.30. The Balaban J connectivity index is 1.74. The van der Waals surface area contributed by atoms with Crippen LogP contribution in [0.1, 0.15) is 11.1 Å². The van der Waals surface area contributed by atoms with E-state index in [0.29, 0.717) is 11.8 Å². The van der Waals surface area contributed by atoms with Crippen molar-refractivity contribution < 1.29 is 5.11 Å². The minimum absolute atomic E-state index is 0.290. The highest BCUT2D eigenvalue weighted by atomic mass is 35.5. The minimum Gasteiger partial charge on any atom is -0.508 e. The average molecular weight is 260 g/mol. The van der Waals surface area contributed by atoms with Gasteiger partial charge in [-0.25, -0.2) is 0 Å². The number of fused-ring (bicyclic) bond motifs is 1. The van der Waals surface area contributed by atoms with Crippen molar-refractivity contribution in [3.8, 4) is 5.75 Å². The van der Waals surface area contributed by atoms with E-state index in [9.17, 15) is 5.11 Å². The fourth-order valence-electron chi connectivity index (χ4n) is 2.52. The van der Waals surface area contributed by atoms with Crippen molar-refractivity contribution in [2.24, 2.45) is 0 Å². The van der Waals surface area contributed by atoms with Gasteiger partial charge in [0.05, 0.1) is 0 Å². The Morgan fingerprint density at radius 3 is 2.72 bits per heavy atom. The molecule has 1 atom stereocenters. The van der Waals surface area contributed by atoms with Crippen molar-refractivity contribution in [3.05, 3.63) is 58.6 Å². The molecule has 0 spiro atoms. The van der Waals surface area contributed by atoms with Crippen LogP contribution in [0.15, 0.2) is 42.5 Å². The van der Waals surface area contributed by atoms with Gasteiger partial charge in [0.15, 0.2) is 0 Å². The third kappa shape index (κ3) is 2.29. The summed E-state index contributed by atoms with van der Waals surface area (Å²) in [6, 6.07) is 13.7. The highest BCUT2D eigenvalue weighted by Crippen LogP contribution is 2.27. The van der Waals surface area contributed by atoms with Gasteiger partial charge in [0, 0.05) is 22.8 Å². The smallest absolute Gasteiger partial charge is 0.117 e. The molecule has 2 aromatic carbocycles. The first kappa shape index (κ1) is 11.4. The fraction of sp³-hybridized carbons (Fsp3) is 0.200. The summed E-state index contributed by atoms with van der Waals surface area (Å²) in [6.07, 6.45) is 1.98. The molecule has 0 heterocycles. The zero-order valence-corrected chi connectivity index (χ0v) is 10.6. The van der Waals surface area contributed by atoms with E-state index in [1.165, 1.54) is 11.1 Å². The Morgan fingerprint density at radius 1 is 1.06 bits per heavy atom. The molecule has 92 valence electrons. The van der Waals surface area contributed by atoms with Crippen molar-refractivity contribution in [1.82, 2.24) is 0 Å². The number of benzene rings is 2. The predicted molar refractivity (Wildman–Crippen MR) is 74.4 cm³/mol. The van der Waals surface area contributed by atoms with Crippen molar-refractivity contribution in [2.45, 2.75) is 18.9 Å². The standard InChI is InChI=1S/C15H14ClNO/c16-12-5-4-10-7-14(8-11(10)6-12)17-13-2-1-3-15(18)9-13/h1-6,9,14,17-18H,7-8H2. The maximum absolute atomic E-state index is 9.44. The number of rotatable bonds is 2. The van der Waals surface area contributed by atoms with Gasteiger partial charge in [0.25, 0.3) is 0 Å². The fourth-order valence-corrected chi connectivity index (χ4v) is 2.71. The summed E-state index contributed by atoms with van der Waals surface area (Å²) < 4.78 is 0. The zero-order valence-electron chi connectivity index (χ0n) is 9.86. The van der Waals surface area contributed by atoms with Gasteiger partial charge in [-0.1, -0.05) is 23.7 Å². The van der Waals surface area contributed by atoms with E-state index in [-0.39, 0.29) is 0 Å². The molecule has 2 aromatic rings. The van der Waals surface area contributed by atoms with Gasteiger partial charge in [-0.05, 0) is 48.2 Å². The molecule has 3 heteroatoms. The van der Waals surface area contributed by atoms with Crippen molar-refractivity contribution in [2.75, 3.05) is 5.32 Å². The van der Waals surface area contributed by atoms with Gasteiger partial charge in [0.2, 0.25) is 0 Å². The highest BCUT2D eigenvalue weighted by Gasteiger charge is 2.21. The number of aromatic hydroxyl groups is 1. The topological polar surface area (TPSA) is 32.3 Å². The Kier molecular flexibility index (Phi) is 2.88. The molecule has 0 saturated heterocycles. The normalized spacial score (nSPS) is 17.5. The molecular formula is C15H14ClNO. The van der Waals surface area contributed by atoms with E-state index >= 15 is 0 Å². The second-order valence-corrected chi connectivity index (χ2v) is 5.15. The van der Waals surface area contributed by atoms with Crippen molar-refractivity contribution >= 4 is 17.3 Å². The van der Waals surface area contributed by atoms with Crippen molar-refractivity contribution in [1.29, 1.82) is 0 Å². The first-order valence-corrected chi connectivity index (χ1v) is 6.41. The lowest BCUT2D eigenvalue weighted by Gasteiger charge is -2.13. The molecule has 1 aliphatic rings. The first-order valence-electron chi connectivity index (χ1n) is 6.03. The quantitative estimate of drug-likeness (QED) is 0.863. The molecule has 0 bridgehead atoms. The van der Waals surface area contributed by atoms with Gasteiger partial charge < -0.3 is 10.4 Å². The summed E-state index contributed by atoms with van der Waals surface area (Å²) in [4.78, 5) is 0. The van der Waals surface area contributed by atoms with Crippen LogP contribution in [-0.2, 0) is 12.8 Å². The summed E-state index contributed by atoms with van der Waals surface area (Å²) in [5, 5.41) is 13.7. The predicted octanol–water partition coefficient (Wildman–Crippen LogP) is 3.62. The lowest BCUT2D eigenvalue weighted by molar-refractivity contribution is 0.475. The molecule has 2 N–H and O–H groups in total. The number of anilines is 1. The molecule has 0 amide bonds. The van der Waals surface area contributed by atoms with Gasteiger partial charge in [-0.15, -0.1) is 0 Å². The van der Waals surface area contributed by atoms with Crippen molar-refractivity contribution in [3.63, 3.8) is 0 Å². The summed E-state index contributed by atoms with van der Waals surface area (Å²) >= 11 is 6.00. The number of nitrogens with one attached hydrogen (secondary N) is 1. The first-order chi connectivity index (χ1) is 8.70. The Morgan fingerprint density at radius 2 is 1.89 bits per heavy atom. The van der Waals surface area contributed by atoms with Crippen LogP contribution in [0.3, 0.4) is 0 Å². The average Bonchev–Trinajstić information content (AvgIpc) is 2.70. The summed E-state index contributed by atoms with van der Waals surface area (Å²) in [5.41, 5.74) is 3.64. The van der Waals surface area contributed by atoms with E-state index in [2.05, 4.69) is 11.4 Å². The second-order valence-electron chi connectivity index (χ2n) is 4.71. The monoisotopic (exact) mass is 259 g/mol. The van der Waals surface area contributed by atoms with E-state index in [1.54, 1.807) is 12.1 Å². The summed E-state index contributed by atoms with van der Waals surface area (Å²) in [5.74, 6) is 0.290. The van der Waals surface area contributed by atoms with Crippen LogP contribution in [-0.4, -0.2) is 11.1 Å². The number of phenols is 1. The van der Waals surface area contributed by atoms with Crippen LogP contribution in [0.25, 0.3) is 0 Å². The lowest BCUT2D eigenvalue weighted by atomic mass is 10.1. The lowest BCUT2D eigenvalue weighted by Crippen LogP contribution is -2.19. The maximum Gasteiger partial charge on any atom is 0.117 e. The molecular weight excluding hydrogens is 246 g/mol.